The number of piperidine rings is 2. The Bertz CT molecular complexity index is 695. The largest absolute Gasteiger partial charge is 0.497 e. The molecule has 6 nitrogen and oxygen atoms in total. The van der Waals surface area contributed by atoms with Crippen molar-refractivity contribution in [2.45, 2.75) is 32.1 Å². The molecular weight excluding hydrogens is 356 g/mol. The highest BCUT2D eigenvalue weighted by atomic mass is 16.5. The van der Waals surface area contributed by atoms with Crippen LogP contribution in [0.4, 0.5) is 0 Å². The lowest BCUT2D eigenvalue weighted by Crippen LogP contribution is -2.45. The zero-order valence-electron chi connectivity index (χ0n) is 16.9. The second kappa shape index (κ2) is 9.62. The summed E-state index contributed by atoms with van der Waals surface area (Å²) in [6.45, 7) is 3.05. The van der Waals surface area contributed by atoms with E-state index >= 15 is 0 Å². The molecule has 2 aliphatic heterocycles. The molecule has 0 bridgehead atoms. The number of hydrogen-bond donors (Lipinski definition) is 0. The number of amides is 2. The van der Waals surface area contributed by atoms with Gasteiger partial charge in [-0.15, -0.1) is 0 Å². The number of methoxy groups -OCH3 is 2. The van der Waals surface area contributed by atoms with Crippen LogP contribution in [0.2, 0.25) is 0 Å². The molecule has 1 aromatic rings. The Kier molecular flexibility index (Phi) is 6.95. The summed E-state index contributed by atoms with van der Waals surface area (Å²) in [5, 5.41) is 0. The molecule has 2 amide bonds. The van der Waals surface area contributed by atoms with E-state index in [1.807, 2.05) is 21.9 Å². The van der Waals surface area contributed by atoms with Crippen LogP contribution in [0.5, 0.6) is 11.5 Å². The van der Waals surface area contributed by atoms with Crippen molar-refractivity contribution in [2.75, 3.05) is 40.4 Å². The lowest BCUT2D eigenvalue weighted by atomic mass is 9.94. The summed E-state index contributed by atoms with van der Waals surface area (Å²) in [6, 6.07) is 5.51. The summed E-state index contributed by atoms with van der Waals surface area (Å²) in [5.41, 5.74) is 0.847. The van der Waals surface area contributed by atoms with Gasteiger partial charge in [0.2, 0.25) is 11.8 Å². The van der Waals surface area contributed by atoms with Crippen LogP contribution in [-0.2, 0) is 9.59 Å². The number of hydrogen-bond acceptors (Lipinski definition) is 4. The standard InChI is InChI=1S/C22H30N2O4/c1-27-19-14-17(15-20(16-19)28-2)6-7-21(25)23-12-8-18(9-13-23)22(26)24-10-4-3-5-11-24/h6-7,14-16,18H,3-5,8-13H2,1-2H3/b7-6+. The van der Waals surface area contributed by atoms with Crippen LogP contribution in [-0.4, -0.2) is 62.0 Å². The minimum atomic E-state index is -0.0225. The predicted molar refractivity (Wildman–Crippen MR) is 108 cm³/mol. The van der Waals surface area contributed by atoms with Gasteiger partial charge in [0.05, 0.1) is 14.2 Å². The average molecular weight is 386 g/mol. The zero-order chi connectivity index (χ0) is 19.9. The highest BCUT2D eigenvalue weighted by Gasteiger charge is 2.30. The fourth-order valence-corrected chi connectivity index (χ4v) is 3.92. The molecule has 0 N–H and O–H groups in total. The molecule has 2 aliphatic rings. The molecule has 1 aromatic carbocycles. The van der Waals surface area contributed by atoms with Crippen LogP contribution in [0.3, 0.4) is 0 Å². The van der Waals surface area contributed by atoms with Gasteiger partial charge in [-0.05, 0) is 55.9 Å². The molecule has 0 spiro atoms. The van der Waals surface area contributed by atoms with E-state index < -0.39 is 0 Å². The van der Waals surface area contributed by atoms with Crippen LogP contribution in [0, 0.1) is 5.92 Å². The van der Waals surface area contributed by atoms with Crippen LogP contribution in [0.25, 0.3) is 6.08 Å². The normalized spacial score (nSPS) is 18.4. The second-order valence-electron chi connectivity index (χ2n) is 7.46. The minimum absolute atomic E-state index is 0.0225. The number of rotatable bonds is 5. The van der Waals surface area contributed by atoms with Crippen molar-refractivity contribution in [3.8, 4) is 11.5 Å². The van der Waals surface area contributed by atoms with Crippen LogP contribution in [0.1, 0.15) is 37.7 Å². The van der Waals surface area contributed by atoms with E-state index in [2.05, 4.69) is 0 Å². The smallest absolute Gasteiger partial charge is 0.246 e. The molecule has 152 valence electrons. The van der Waals surface area contributed by atoms with Crippen LogP contribution >= 0.6 is 0 Å². The Balaban J connectivity index is 1.53. The Morgan fingerprint density at radius 1 is 0.893 bits per heavy atom. The maximum absolute atomic E-state index is 12.6. The van der Waals surface area contributed by atoms with Gasteiger partial charge in [-0.25, -0.2) is 0 Å². The molecule has 0 radical (unpaired) electrons. The third-order valence-electron chi connectivity index (χ3n) is 5.62. The maximum Gasteiger partial charge on any atom is 0.246 e. The molecule has 0 aromatic heterocycles. The maximum atomic E-state index is 12.6. The number of carbonyl (C=O) groups is 2. The quantitative estimate of drug-likeness (QED) is 0.730. The van der Waals surface area contributed by atoms with E-state index in [9.17, 15) is 9.59 Å². The number of nitrogens with zero attached hydrogens (tertiary/aromatic N) is 2. The molecule has 0 unspecified atom stereocenters. The first kappa shape index (κ1) is 20.2. The predicted octanol–water partition coefficient (Wildman–Crippen LogP) is 2.97. The Morgan fingerprint density at radius 3 is 2.07 bits per heavy atom. The summed E-state index contributed by atoms with van der Waals surface area (Å²) in [4.78, 5) is 29.0. The zero-order valence-corrected chi connectivity index (χ0v) is 16.9. The average Bonchev–Trinajstić information content (AvgIpc) is 2.77. The van der Waals surface area contributed by atoms with Gasteiger partial charge >= 0.3 is 0 Å². The van der Waals surface area contributed by atoms with Crippen molar-refractivity contribution in [1.29, 1.82) is 0 Å². The van der Waals surface area contributed by atoms with Gasteiger partial charge in [0.15, 0.2) is 0 Å². The Morgan fingerprint density at radius 2 is 1.50 bits per heavy atom. The Labute approximate surface area is 167 Å². The number of benzene rings is 1. The molecule has 2 heterocycles. The lowest BCUT2D eigenvalue weighted by Gasteiger charge is -2.35. The summed E-state index contributed by atoms with van der Waals surface area (Å²) >= 11 is 0. The monoisotopic (exact) mass is 386 g/mol. The third-order valence-corrected chi connectivity index (χ3v) is 5.62. The van der Waals surface area contributed by atoms with Crippen molar-refractivity contribution < 1.29 is 19.1 Å². The van der Waals surface area contributed by atoms with Crippen LogP contribution < -0.4 is 9.47 Å². The SMILES string of the molecule is COc1cc(/C=C/C(=O)N2CCC(C(=O)N3CCCCC3)CC2)cc(OC)c1. The second-order valence-corrected chi connectivity index (χ2v) is 7.46. The highest BCUT2D eigenvalue weighted by molar-refractivity contribution is 5.92. The number of ether oxygens (including phenoxy) is 2. The third kappa shape index (κ3) is 5.06. The fraction of sp³-hybridized carbons (Fsp3) is 0.545. The first-order valence-electron chi connectivity index (χ1n) is 10.1. The van der Waals surface area contributed by atoms with E-state index in [-0.39, 0.29) is 17.7 Å². The fourth-order valence-electron chi connectivity index (χ4n) is 3.92. The molecule has 2 saturated heterocycles. The molecule has 28 heavy (non-hydrogen) atoms. The van der Waals surface area contributed by atoms with Gasteiger partial charge in [0.25, 0.3) is 0 Å². The molecule has 6 heteroatoms. The van der Waals surface area contributed by atoms with Gasteiger partial charge in [-0.3, -0.25) is 9.59 Å². The van der Waals surface area contributed by atoms with E-state index in [0.29, 0.717) is 24.6 Å². The summed E-state index contributed by atoms with van der Waals surface area (Å²) in [6.07, 6.45) is 8.32. The van der Waals surface area contributed by atoms with Crippen molar-refractivity contribution in [3.63, 3.8) is 0 Å². The van der Waals surface area contributed by atoms with Crippen molar-refractivity contribution in [3.05, 3.63) is 29.8 Å². The summed E-state index contributed by atoms with van der Waals surface area (Å²) < 4.78 is 10.5. The molecule has 0 aliphatic carbocycles. The summed E-state index contributed by atoms with van der Waals surface area (Å²) in [5.74, 6) is 1.69. The topological polar surface area (TPSA) is 59.1 Å². The van der Waals surface area contributed by atoms with Gasteiger partial charge in [0, 0.05) is 44.2 Å². The number of likely N-dealkylation sites (tertiary alicyclic amines) is 2. The first-order valence-corrected chi connectivity index (χ1v) is 10.1. The number of carbonyl (C=O) groups excluding carboxylic acids is 2. The van der Waals surface area contributed by atoms with E-state index in [1.54, 1.807) is 32.4 Å². The molecule has 2 fully saturated rings. The van der Waals surface area contributed by atoms with Crippen molar-refractivity contribution in [2.24, 2.45) is 5.92 Å². The van der Waals surface area contributed by atoms with Gasteiger partial charge < -0.3 is 19.3 Å². The minimum Gasteiger partial charge on any atom is -0.497 e. The molecule has 3 rings (SSSR count). The molecule has 0 saturated carbocycles. The first-order chi connectivity index (χ1) is 13.6. The molecule has 0 atom stereocenters. The van der Waals surface area contributed by atoms with Crippen LogP contribution in [0.15, 0.2) is 24.3 Å². The van der Waals surface area contributed by atoms with Gasteiger partial charge in [-0.1, -0.05) is 0 Å². The van der Waals surface area contributed by atoms with E-state index in [4.69, 9.17) is 9.47 Å². The van der Waals surface area contributed by atoms with E-state index in [0.717, 1.165) is 44.3 Å². The van der Waals surface area contributed by atoms with Crippen molar-refractivity contribution >= 4 is 17.9 Å². The lowest BCUT2D eigenvalue weighted by molar-refractivity contribution is -0.140. The Hall–Kier alpha value is -2.50. The van der Waals surface area contributed by atoms with Gasteiger partial charge in [-0.2, -0.15) is 0 Å². The summed E-state index contributed by atoms with van der Waals surface area (Å²) in [7, 11) is 3.20. The van der Waals surface area contributed by atoms with E-state index in [1.165, 1.54) is 6.42 Å². The van der Waals surface area contributed by atoms with Crippen molar-refractivity contribution in [1.82, 2.24) is 9.80 Å². The molecular formula is C22H30N2O4. The van der Waals surface area contributed by atoms with Gasteiger partial charge in [0.1, 0.15) is 11.5 Å². The highest BCUT2D eigenvalue weighted by Crippen LogP contribution is 2.24.